The number of hydrogen-bond acceptors (Lipinski definition) is 2. The van der Waals surface area contributed by atoms with E-state index in [2.05, 4.69) is 6.92 Å². The van der Waals surface area contributed by atoms with Crippen LogP contribution >= 0.6 is 0 Å². The molecule has 0 radical (unpaired) electrons. The molecule has 1 aliphatic carbocycles. The van der Waals surface area contributed by atoms with Gasteiger partial charge in [0.25, 0.3) is 0 Å². The summed E-state index contributed by atoms with van der Waals surface area (Å²) in [5.74, 6) is -0.966. The van der Waals surface area contributed by atoms with Crippen LogP contribution in [0.1, 0.15) is 39.5 Å². The second kappa shape index (κ2) is 5.89. The van der Waals surface area contributed by atoms with Crippen LogP contribution in [-0.2, 0) is 4.79 Å². The molecule has 17 heavy (non-hydrogen) atoms. The zero-order valence-corrected chi connectivity index (χ0v) is 10.8. The van der Waals surface area contributed by atoms with Crippen molar-refractivity contribution in [1.82, 2.24) is 9.80 Å². The number of nitrogens with zero attached hydrogens (tertiary/aromatic N) is 2. The van der Waals surface area contributed by atoms with Crippen LogP contribution in [0.25, 0.3) is 0 Å². The van der Waals surface area contributed by atoms with Crippen LogP contribution in [0.15, 0.2) is 0 Å². The molecule has 1 N–H and O–H groups in total. The third-order valence-electron chi connectivity index (χ3n) is 3.23. The van der Waals surface area contributed by atoms with Gasteiger partial charge in [-0.15, -0.1) is 0 Å². The summed E-state index contributed by atoms with van der Waals surface area (Å²) < 4.78 is 0. The van der Waals surface area contributed by atoms with Gasteiger partial charge in [0.1, 0.15) is 6.04 Å². The zero-order valence-electron chi connectivity index (χ0n) is 10.8. The van der Waals surface area contributed by atoms with Gasteiger partial charge in [-0.2, -0.15) is 0 Å². The van der Waals surface area contributed by atoms with Gasteiger partial charge in [0.15, 0.2) is 0 Å². The number of hydrogen-bond donors (Lipinski definition) is 1. The Bertz CT molecular complexity index is 289. The quantitative estimate of drug-likeness (QED) is 0.772. The topological polar surface area (TPSA) is 60.9 Å². The summed E-state index contributed by atoms with van der Waals surface area (Å²) in [6, 6.07) is -0.598. The third kappa shape index (κ3) is 3.61. The summed E-state index contributed by atoms with van der Waals surface area (Å²) >= 11 is 0. The Morgan fingerprint density at radius 1 is 1.41 bits per heavy atom. The van der Waals surface area contributed by atoms with Gasteiger partial charge in [0.05, 0.1) is 0 Å². The van der Waals surface area contributed by atoms with E-state index in [4.69, 9.17) is 5.11 Å². The smallest absolute Gasteiger partial charge is 0.326 e. The van der Waals surface area contributed by atoms with Crippen molar-refractivity contribution in [2.24, 2.45) is 0 Å². The van der Waals surface area contributed by atoms with Gasteiger partial charge >= 0.3 is 12.0 Å². The predicted octanol–water partition coefficient (Wildman–Crippen LogP) is 1.78. The molecule has 1 saturated carbocycles. The van der Waals surface area contributed by atoms with Gasteiger partial charge in [-0.3, -0.25) is 0 Å². The van der Waals surface area contributed by atoms with E-state index in [1.54, 1.807) is 7.05 Å². The van der Waals surface area contributed by atoms with Crippen molar-refractivity contribution >= 4 is 12.0 Å². The lowest BCUT2D eigenvalue weighted by Gasteiger charge is -2.30. The van der Waals surface area contributed by atoms with Crippen molar-refractivity contribution in [2.45, 2.75) is 51.6 Å². The Kier molecular flexibility index (Phi) is 4.78. The number of amides is 2. The lowest BCUT2D eigenvalue weighted by atomic mass is 10.3. The number of carboxylic acid groups (broad SMARTS) is 1. The first-order valence-electron chi connectivity index (χ1n) is 6.25. The standard InChI is InChI=1S/C12H22N2O3/c1-4-5-8-14(10-6-7-10)12(17)13(3)9(2)11(15)16/h9-10H,4-8H2,1-3H3,(H,15,16). The highest BCUT2D eigenvalue weighted by Gasteiger charge is 2.35. The first kappa shape index (κ1) is 13.8. The molecule has 0 aliphatic heterocycles. The molecule has 2 amide bonds. The van der Waals surface area contributed by atoms with Gasteiger partial charge in [0.2, 0.25) is 0 Å². The average molecular weight is 242 g/mol. The van der Waals surface area contributed by atoms with E-state index in [9.17, 15) is 9.59 Å². The predicted molar refractivity (Wildman–Crippen MR) is 64.9 cm³/mol. The molecule has 1 unspecified atom stereocenters. The molecule has 0 saturated heterocycles. The van der Waals surface area contributed by atoms with Crippen molar-refractivity contribution in [3.63, 3.8) is 0 Å². The number of carbonyl (C=O) groups is 2. The van der Waals surface area contributed by atoms with Gasteiger partial charge in [-0.1, -0.05) is 13.3 Å². The number of urea groups is 1. The van der Waals surface area contributed by atoms with Crippen LogP contribution in [0.2, 0.25) is 0 Å². The molecular weight excluding hydrogens is 220 g/mol. The fourth-order valence-corrected chi connectivity index (χ4v) is 1.68. The second-order valence-electron chi connectivity index (χ2n) is 4.69. The van der Waals surface area contributed by atoms with E-state index >= 15 is 0 Å². The van der Waals surface area contributed by atoms with E-state index in [0.717, 1.165) is 32.2 Å². The van der Waals surface area contributed by atoms with E-state index in [-0.39, 0.29) is 6.03 Å². The fraction of sp³-hybridized carbons (Fsp3) is 0.833. The SMILES string of the molecule is CCCCN(C(=O)N(C)C(C)C(=O)O)C1CC1. The number of aliphatic carboxylic acids is 1. The van der Waals surface area contributed by atoms with E-state index in [1.165, 1.54) is 11.8 Å². The minimum absolute atomic E-state index is 0.157. The molecular formula is C12H22N2O3. The molecule has 0 bridgehead atoms. The molecule has 5 heteroatoms. The third-order valence-corrected chi connectivity index (χ3v) is 3.23. The van der Waals surface area contributed by atoms with Crippen molar-refractivity contribution in [3.05, 3.63) is 0 Å². The maximum absolute atomic E-state index is 12.2. The highest BCUT2D eigenvalue weighted by atomic mass is 16.4. The molecule has 0 spiro atoms. The minimum Gasteiger partial charge on any atom is -0.480 e. The Morgan fingerprint density at radius 2 is 2.00 bits per heavy atom. The highest BCUT2D eigenvalue weighted by molar-refractivity contribution is 5.82. The van der Waals surface area contributed by atoms with Gasteiger partial charge in [0, 0.05) is 19.6 Å². The van der Waals surface area contributed by atoms with Crippen LogP contribution in [0.4, 0.5) is 4.79 Å². The molecule has 98 valence electrons. The summed E-state index contributed by atoms with van der Waals surface area (Å²) in [5.41, 5.74) is 0. The van der Waals surface area contributed by atoms with E-state index in [1.807, 2.05) is 4.90 Å². The first-order valence-corrected chi connectivity index (χ1v) is 6.25. The number of carbonyl (C=O) groups excluding carboxylic acids is 1. The lowest BCUT2D eigenvalue weighted by Crippen LogP contribution is -2.48. The summed E-state index contributed by atoms with van der Waals surface area (Å²) in [6.45, 7) is 4.35. The van der Waals surface area contributed by atoms with Gasteiger partial charge in [-0.05, 0) is 26.2 Å². The number of likely N-dealkylation sites (N-methyl/N-ethyl adjacent to an activating group) is 1. The first-order chi connectivity index (χ1) is 7.99. The molecule has 1 fully saturated rings. The summed E-state index contributed by atoms with van der Waals surface area (Å²) in [6.07, 6.45) is 4.10. The summed E-state index contributed by atoms with van der Waals surface area (Å²) in [7, 11) is 1.56. The monoisotopic (exact) mass is 242 g/mol. The normalized spacial score (nSPS) is 16.4. The summed E-state index contributed by atoms with van der Waals surface area (Å²) in [4.78, 5) is 26.2. The maximum atomic E-state index is 12.2. The van der Waals surface area contributed by atoms with Crippen LogP contribution in [0, 0.1) is 0 Å². The van der Waals surface area contributed by atoms with E-state index in [0.29, 0.717) is 6.04 Å². The molecule has 1 atom stereocenters. The fourth-order valence-electron chi connectivity index (χ4n) is 1.68. The highest BCUT2D eigenvalue weighted by Crippen LogP contribution is 2.28. The Morgan fingerprint density at radius 3 is 2.41 bits per heavy atom. The molecule has 1 aliphatic rings. The van der Waals surface area contributed by atoms with Crippen LogP contribution in [0.3, 0.4) is 0 Å². The number of rotatable bonds is 6. The van der Waals surface area contributed by atoms with Gasteiger partial charge in [-0.25, -0.2) is 9.59 Å². The van der Waals surface area contributed by atoms with Crippen LogP contribution in [-0.4, -0.2) is 52.6 Å². The molecule has 0 aromatic heterocycles. The summed E-state index contributed by atoms with van der Waals surface area (Å²) in [5, 5.41) is 8.90. The Balaban J connectivity index is 2.60. The minimum atomic E-state index is -0.966. The molecule has 1 rings (SSSR count). The van der Waals surface area contributed by atoms with Gasteiger partial charge < -0.3 is 14.9 Å². The van der Waals surface area contributed by atoms with Crippen molar-refractivity contribution < 1.29 is 14.7 Å². The molecule has 5 nitrogen and oxygen atoms in total. The number of unbranched alkanes of at least 4 members (excludes halogenated alkanes) is 1. The van der Waals surface area contributed by atoms with Crippen molar-refractivity contribution in [2.75, 3.05) is 13.6 Å². The Labute approximate surface area is 102 Å². The largest absolute Gasteiger partial charge is 0.480 e. The molecule has 0 heterocycles. The second-order valence-corrected chi connectivity index (χ2v) is 4.69. The molecule has 0 aromatic carbocycles. The average Bonchev–Trinajstić information content (AvgIpc) is 3.11. The van der Waals surface area contributed by atoms with Crippen molar-refractivity contribution in [3.8, 4) is 0 Å². The zero-order chi connectivity index (χ0) is 13.0. The molecule has 0 aromatic rings. The van der Waals surface area contributed by atoms with Crippen LogP contribution < -0.4 is 0 Å². The van der Waals surface area contributed by atoms with Crippen LogP contribution in [0.5, 0.6) is 0 Å². The maximum Gasteiger partial charge on any atom is 0.326 e. The van der Waals surface area contributed by atoms with E-state index < -0.39 is 12.0 Å². The lowest BCUT2D eigenvalue weighted by molar-refractivity contribution is -0.141. The Hall–Kier alpha value is -1.26. The van der Waals surface area contributed by atoms with Crippen molar-refractivity contribution in [1.29, 1.82) is 0 Å². The number of carboxylic acids is 1.